The van der Waals surface area contributed by atoms with E-state index in [0.29, 0.717) is 15.8 Å². The minimum Gasteiger partial charge on any atom is -0.389 e. The van der Waals surface area contributed by atoms with Crippen molar-refractivity contribution >= 4 is 58.6 Å². The van der Waals surface area contributed by atoms with Crippen LogP contribution in [0.4, 0.5) is 5.69 Å². The molecule has 154 valence electrons. The molecule has 0 unspecified atom stereocenters. The van der Waals surface area contributed by atoms with Crippen LogP contribution >= 0.6 is 48.0 Å². The first-order valence-electron chi connectivity index (χ1n) is 9.17. The number of anilines is 1. The molecule has 2 aliphatic heterocycles. The molecule has 1 aromatic heterocycles. The van der Waals surface area contributed by atoms with E-state index in [1.54, 1.807) is 6.20 Å². The summed E-state index contributed by atoms with van der Waals surface area (Å²) >= 11 is 13.8. The molecule has 0 bridgehead atoms. The maximum atomic E-state index is 9.06. The normalized spacial score (nSPS) is 17.2. The second-order valence-electron chi connectivity index (χ2n) is 6.31. The summed E-state index contributed by atoms with van der Waals surface area (Å²) in [5.41, 5.74) is 8.41. The van der Waals surface area contributed by atoms with E-state index in [2.05, 4.69) is 26.9 Å². The van der Waals surface area contributed by atoms with E-state index < -0.39 is 0 Å². The van der Waals surface area contributed by atoms with Crippen molar-refractivity contribution in [2.75, 3.05) is 54.1 Å². The van der Waals surface area contributed by atoms with Crippen LogP contribution in [0.15, 0.2) is 23.5 Å². The summed E-state index contributed by atoms with van der Waals surface area (Å²) in [4.78, 5) is 7.50. The number of aromatic nitrogens is 1. The molecule has 3 N–H and O–H groups in total. The van der Waals surface area contributed by atoms with Gasteiger partial charge in [0.1, 0.15) is 32.9 Å². The Labute approximate surface area is 191 Å². The topological polar surface area (TPSA) is 95.9 Å². The van der Waals surface area contributed by atoms with E-state index in [1.165, 1.54) is 0 Å². The smallest absolute Gasteiger partial charge is 0.123 e. The third kappa shape index (κ3) is 6.65. The largest absolute Gasteiger partial charge is 0.389 e. The third-order valence-electron chi connectivity index (χ3n) is 4.61. The van der Waals surface area contributed by atoms with Crippen LogP contribution in [-0.2, 0) is 0 Å². The van der Waals surface area contributed by atoms with Gasteiger partial charge in [0.05, 0.1) is 5.69 Å². The van der Waals surface area contributed by atoms with Crippen molar-refractivity contribution in [3.05, 3.63) is 33.7 Å². The van der Waals surface area contributed by atoms with Gasteiger partial charge in [-0.2, -0.15) is 34.0 Å². The molecule has 1 aromatic rings. The molecule has 2 aliphatic rings. The van der Waals surface area contributed by atoms with Crippen molar-refractivity contribution in [2.45, 2.75) is 6.92 Å². The van der Waals surface area contributed by atoms with Crippen LogP contribution in [0.2, 0.25) is 0 Å². The first-order chi connectivity index (χ1) is 14.0. The number of thiocarbonyl (C=S) groups is 1. The predicted octanol–water partition coefficient (Wildman–Crippen LogP) is 3.29. The molecule has 29 heavy (non-hydrogen) atoms. The van der Waals surface area contributed by atoms with Crippen LogP contribution in [0.3, 0.4) is 0 Å². The Bertz CT molecular complexity index is 883. The fraction of sp³-hybridized carbons (Fsp3) is 0.474. The Kier molecular flexibility index (Phi) is 9.82. The number of allylic oxidation sites excluding steroid dienone is 1. The summed E-state index contributed by atoms with van der Waals surface area (Å²) in [7, 11) is 0. The molecule has 0 atom stereocenters. The number of hydrogen-bond acceptors (Lipinski definition) is 8. The lowest BCUT2D eigenvalue weighted by molar-refractivity contribution is 0.380. The Hall–Kier alpha value is -1.72. The summed E-state index contributed by atoms with van der Waals surface area (Å²) in [6.07, 6.45) is 1.81. The molecular weight excluding hydrogens is 441 g/mol. The standard InChI is InChI=1S/C10H11N3S2.C9H13N3S2/c11-7-8-9(1-2-12-10(8)14)13-3-5-15-6-4-13;1-7(8(6-10)9(11)13)12-2-4-14-5-3-12/h1-2H,3-6H2,(H,12,14);2-5H2,1H3,(H2,11,13)/b;8-7-. The van der Waals surface area contributed by atoms with Crippen molar-refractivity contribution in [3.63, 3.8) is 0 Å². The van der Waals surface area contributed by atoms with Gasteiger partial charge < -0.3 is 20.5 Å². The predicted molar refractivity (Wildman–Crippen MR) is 130 cm³/mol. The highest BCUT2D eigenvalue weighted by molar-refractivity contribution is 7.99. The Balaban J connectivity index is 0.000000208. The number of aromatic amines is 1. The zero-order chi connectivity index (χ0) is 21.2. The SMILES string of the molecule is C/C(=C(\C#N)C(N)=S)N1CCSCC1.N#Cc1c(N2CCSCC2)cc[nH]c1=S. The van der Waals surface area contributed by atoms with Gasteiger partial charge in [0.25, 0.3) is 0 Å². The number of nitrogens with one attached hydrogen (secondary N) is 1. The molecule has 2 saturated heterocycles. The molecule has 0 spiro atoms. The summed E-state index contributed by atoms with van der Waals surface area (Å²) in [5.74, 6) is 4.45. The van der Waals surface area contributed by atoms with Gasteiger partial charge in [-0.15, -0.1) is 0 Å². The highest BCUT2D eigenvalue weighted by atomic mass is 32.2. The first kappa shape index (κ1) is 23.6. The van der Waals surface area contributed by atoms with Crippen LogP contribution in [-0.4, -0.2) is 64.1 Å². The molecule has 0 radical (unpaired) electrons. The van der Waals surface area contributed by atoms with Crippen LogP contribution in [0.1, 0.15) is 12.5 Å². The van der Waals surface area contributed by atoms with Gasteiger partial charge in [-0.3, -0.25) is 0 Å². The molecule has 0 aromatic carbocycles. The lowest BCUT2D eigenvalue weighted by atomic mass is 10.2. The monoisotopic (exact) mass is 464 g/mol. The number of rotatable bonds is 3. The molecule has 3 heterocycles. The van der Waals surface area contributed by atoms with Gasteiger partial charge in [0, 0.05) is 61.1 Å². The molecule has 0 saturated carbocycles. The zero-order valence-corrected chi connectivity index (χ0v) is 19.6. The van der Waals surface area contributed by atoms with E-state index in [1.807, 2.05) is 36.5 Å². The van der Waals surface area contributed by atoms with Crippen LogP contribution in [0.25, 0.3) is 0 Å². The maximum absolute atomic E-state index is 9.06. The van der Waals surface area contributed by atoms with Crippen molar-refractivity contribution < 1.29 is 0 Å². The Morgan fingerprint density at radius 1 is 1.14 bits per heavy atom. The van der Waals surface area contributed by atoms with Gasteiger partial charge in [-0.1, -0.05) is 24.4 Å². The van der Waals surface area contributed by atoms with Crippen molar-refractivity contribution in [2.24, 2.45) is 5.73 Å². The van der Waals surface area contributed by atoms with Gasteiger partial charge in [0.2, 0.25) is 0 Å². The Morgan fingerprint density at radius 2 is 1.72 bits per heavy atom. The van der Waals surface area contributed by atoms with Crippen molar-refractivity contribution in [1.82, 2.24) is 9.88 Å². The average molecular weight is 465 g/mol. The summed E-state index contributed by atoms with van der Waals surface area (Å²) in [5, 5.41) is 18.0. The fourth-order valence-corrected chi connectivity index (χ4v) is 5.23. The summed E-state index contributed by atoms with van der Waals surface area (Å²) in [6.45, 7) is 5.86. The van der Waals surface area contributed by atoms with Crippen LogP contribution < -0.4 is 10.6 Å². The van der Waals surface area contributed by atoms with Gasteiger partial charge in [-0.05, 0) is 13.0 Å². The highest BCUT2D eigenvalue weighted by Gasteiger charge is 2.16. The number of nitrogens with two attached hydrogens (primary N) is 1. The second-order valence-corrected chi connectivity index (χ2v) is 9.61. The summed E-state index contributed by atoms with van der Waals surface area (Å²) < 4.78 is 0.535. The number of H-pyrrole nitrogens is 1. The van der Waals surface area contributed by atoms with E-state index >= 15 is 0 Å². The molecule has 2 fully saturated rings. The minimum absolute atomic E-state index is 0.197. The third-order valence-corrected chi connectivity index (χ3v) is 7.02. The molecule has 3 rings (SSSR count). The van der Waals surface area contributed by atoms with Gasteiger partial charge in [0.15, 0.2) is 0 Å². The second kappa shape index (κ2) is 12.1. The van der Waals surface area contributed by atoms with Gasteiger partial charge in [-0.25, -0.2) is 0 Å². The lowest BCUT2D eigenvalue weighted by Gasteiger charge is -2.29. The highest BCUT2D eigenvalue weighted by Crippen LogP contribution is 2.23. The number of pyridine rings is 1. The zero-order valence-electron chi connectivity index (χ0n) is 16.3. The molecule has 0 aliphatic carbocycles. The first-order valence-corrected chi connectivity index (χ1v) is 12.3. The van der Waals surface area contributed by atoms with Crippen molar-refractivity contribution in [3.8, 4) is 12.1 Å². The molecule has 6 nitrogen and oxygen atoms in total. The van der Waals surface area contributed by atoms with E-state index in [9.17, 15) is 0 Å². The minimum atomic E-state index is 0.197. The average Bonchev–Trinajstić information content (AvgIpc) is 2.75. The van der Waals surface area contributed by atoms with Crippen LogP contribution in [0, 0.1) is 27.3 Å². The van der Waals surface area contributed by atoms with Crippen LogP contribution in [0.5, 0.6) is 0 Å². The number of thioether (sulfide) groups is 2. The lowest BCUT2D eigenvalue weighted by Crippen LogP contribution is -2.33. The van der Waals surface area contributed by atoms with Gasteiger partial charge >= 0.3 is 0 Å². The quantitative estimate of drug-likeness (QED) is 0.397. The van der Waals surface area contributed by atoms with Crippen molar-refractivity contribution in [1.29, 1.82) is 10.5 Å². The molecular formula is C19H24N6S4. The van der Waals surface area contributed by atoms with E-state index in [-0.39, 0.29) is 4.99 Å². The number of hydrogen-bond donors (Lipinski definition) is 2. The Morgan fingerprint density at radius 3 is 2.24 bits per heavy atom. The van der Waals surface area contributed by atoms with E-state index in [0.717, 1.165) is 60.6 Å². The summed E-state index contributed by atoms with van der Waals surface area (Å²) in [6, 6.07) is 6.18. The molecule has 10 heteroatoms. The number of nitrogens with zero attached hydrogens (tertiary/aromatic N) is 4. The number of nitriles is 2. The maximum Gasteiger partial charge on any atom is 0.123 e. The fourth-order valence-electron chi connectivity index (χ4n) is 3.02. The van der Waals surface area contributed by atoms with E-state index in [4.69, 9.17) is 40.7 Å². The molecule has 0 amide bonds.